The minimum atomic E-state index is -0.210. The molecule has 1 aliphatic heterocycles. The summed E-state index contributed by atoms with van der Waals surface area (Å²) in [5, 5.41) is 3.11. The van der Waals surface area contributed by atoms with Crippen molar-refractivity contribution in [2.45, 2.75) is 25.4 Å². The summed E-state index contributed by atoms with van der Waals surface area (Å²) < 4.78 is 14.8. The Bertz CT molecular complexity index is 901. The molecule has 2 aromatic heterocycles. The van der Waals surface area contributed by atoms with Crippen molar-refractivity contribution < 1.29 is 9.18 Å². The fraction of sp³-hybridized carbons (Fsp3) is 0.286. The van der Waals surface area contributed by atoms with E-state index in [0.717, 1.165) is 43.9 Å². The first kappa shape index (κ1) is 18.3. The Balaban J connectivity index is 1.27. The van der Waals surface area contributed by atoms with Crippen molar-refractivity contribution in [1.29, 1.82) is 0 Å². The lowest BCUT2D eigenvalue weighted by atomic mass is 10.0. The summed E-state index contributed by atoms with van der Waals surface area (Å²) in [5.74, 6) is 0.419. The molecule has 1 saturated heterocycles. The number of aromatic nitrogens is 3. The van der Waals surface area contributed by atoms with Crippen LogP contribution in [0.2, 0.25) is 0 Å². The molecule has 6 nitrogen and oxygen atoms in total. The van der Waals surface area contributed by atoms with E-state index in [4.69, 9.17) is 0 Å². The van der Waals surface area contributed by atoms with Crippen molar-refractivity contribution in [3.05, 3.63) is 78.3 Å². The Kier molecular flexibility index (Phi) is 5.43. The third kappa shape index (κ3) is 4.43. The van der Waals surface area contributed by atoms with Crippen molar-refractivity contribution in [2.75, 3.05) is 13.1 Å². The van der Waals surface area contributed by atoms with Crippen LogP contribution in [0.25, 0.3) is 5.82 Å². The van der Waals surface area contributed by atoms with E-state index in [2.05, 4.69) is 20.2 Å². The molecule has 0 radical (unpaired) electrons. The van der Waals surface area contributed by atoms with Crippen LogP contribution >= 0.6 is 0 Å². The smallest absolute Gasteiger partial charge is 0.253 e. The molecule has 1 aromatic carbocycles. The van der Waals surface area contributed by atoms with Crippen LogP contribution in [0, 0.1) is 5.82 Å². The van der Waals surface area contributed by atoms with Gasteiger partial charge in [0.15, 0.2) is 0 Å². The van der Waals surface area contributed by atoms with Gasteiger partial charge in [-0.15, -0.1) is 0 Å². The second-order valence-electron chi connectivity index (χ2n) is 7.03. The Labute approximate surface area is 163 Å². The SMILES string of the molecule is O=C(NC1CCN(Cc2ccc(F)cc2)CC1)c1ccc(-n2ccnc2)nc1. The van der Waals surface area contributed by atoms with Gasteiger partial charge in [-0.3, -0.25) is 14.3 Å². The van der Waals surface area contributed by atoms with Crippen LogP contribution in [0.3, 0.4) is 0 Å². The summed E-state index contributed by atoms with van der Waals surface area (Å²) >= 11 is 0. The van der Waals surface area contributed by atoms with Crippen LogP contribution in [0.15, 0.2) is 61.3 Å². The maximum absolute atomic E-state index is 13.0. The highest BCUT2D eigenvalue weighted by atomic mass is 19.1. The van der Waals surface area contributed by atoms with Crippen molar-refractivity contribution in [3.63, 3.8) is 0 Å². The van der Waals surface area contributed by atoms with E-state index >= 15 is 0 Å². The quantitative estimate of drug-likeness (QED) is 0.741. The van der Waals surface area contributed by atoms with Crippen LogP contribution in [0.5, 0.6) is 0 Å². The van der Waals surface area contributed by atoms with Gasteiger partial charge in [0.25, 0.3) is 5.91 Å². The molecule has 7 heteroatoms. The van der Waals surface area contributed by atoms with E-state index in [1.165, 1.54) is 12.1 Å². The molecule has 1 amide bonds. The average Bonchev–Trinajstić information content (AvgIpc) is 3.26. The monoisotopic (exact) mass is 379 g/mol. The lowest BCUT2D eigenvalue weighted by Crippen LogP contribution is -2.44. The zero-order chi connectivity index (χ0) is 19.3. The van der Waals surface area contributed by atoms with Crippen molar-refractivity contribution >= 4 is 5.91 Å². The van der Waals surface area contributed by atoms with Gasteiger partial charge in [0.2, 0.25) is 0 Å². The van der Waals surface area contributed by atoms with Crippen LogP contribution in [0.1, 0.15) is 28.8 Å². The second-order valence-corrected chi connectivity index (χ2v) is 7.03. The molecule has 3 aromatic rings. The summed E-state index contributed by atoms with van der Waals surface area (Å²) in [6.45, 7) is 2.61. The van der Waals surface area contributed by atoms with Crippen molar-refractivity contribution in [2.24, 2.45) is 0 Å². The average molecular weight is 379 g/mol. The summed E-state index contributed by atoms with van der Waals surface area (Å²) in [6.07, 6.45) is 8.55. The Morgan fingerprint density at radius 3 is 2.57 bits per heavy atom. The van der Waals surface area contributed by atoms with Crippen LogP contribution in [-0.4, -0.2) is 44.5 Å². The van der Waals surface area contributed by atoms with Gasteiger partial charge in [0.05, 0.1) is 5.56 Å². The number of pyridine rings is 1. The lowest BCUT2D eigenvalue weighted by molar-refractivity contribution is 0.0908. The fourth-order valence-corrected chi connectivity index (χ4v) is 3.42. The third-order valence-electron chi connectivity index (χ3n) is 5.02. The molecule has 4 rings (SSSR count). The molecule has 0 atom stereocenters. The third-order valence-corrected chi connectivity index (χ3v) is 5.02. The molecule has 1 N–H and O–H groups in total. The number of nitrogens with one attached hydrogen (secondary N) is 1. The first-order valence-corrected chi connectivity index (χ1v) is 9.39. The van der Waals surface area contributed by atoms with Gasteiger partial charge in [-0.1, -0.05) is 12.1 Å². The normalized spacial score (nSPS) is 15.5. The molecular formula is C21H22FN5O. The number of carbonyl (C=O) groups is 1. The van der Waals surface area contributed by atoms with Crippen LogP contribution < -0.4 is 5.32 Å². The number of likely N-dealkylation sites (tertiary alicyclic amines) is 1. The largest absolute Gasteiger partial charge is 0.349 e. The van der Waals surface area contributed by atoms with E-state index in [-0.39, 0.29) is 17.8 Å². The minimum absolute atomic E-state index is 0.0957. The molecule has 28 heavy (non-hydrogen) atoms. The minimum Gasteiger partial charge on any atom is -0.349 e. The van der Waals surface area contributed by atoms with Crippen LogP contribution in [0.4, 0.5) is 4.39 Å². The highest BCUT2D eigenvalue weighted by Gasteiger charge is 2.21. The maximum Gasteiger partial charge on any atom is 0.253 e. The fourth-order valence-electron chi connectivity index (χ4n) is 3.42. The summed E-state index contributed by atoms with van der Waals surface area (Å²) in [4.78, 5) is 23.1. The first-order valence-electron chi connectivity index (χ1n) is 9.39. The number of hydrogen-bond acceptors (Lipinski definition) is 4. The van der Waals surface area contributed by atoms with E-state index in [1.807, 2.05) is 24.4 Å². The second kappa shape index (κ2) is 8.31. The molecule has 0 aliphatic carbocycles. The van der Waals surface area contributed by atoms with Gasteiger partial charge in [-0.05, 0) is 42.7 Å². The highest BCUT2D eigenvalue weighted by Crippen LogP contribution is 2.15. The van der Waals surface area contributed by atoms with E-state index < -0.39 is 0 Å². The molecule has 1 aliphatic rings. The maximum atomic E-state index is 13.0. The predicted octanol–water partition coefficient (Wildman–Crippen LogP) is 2.80. The predicted molar refractivity (Wildman–Crippen MR) is 104 cm³/mol. The van der Waals surface area contributed by atoms with E-state index in [1.54, 1.807) is 29.4 Å². The number of imidazole rings is 1. The van der Waals surface area contributed by atoms with Gasteiger partial charge in [-0.25, -0.2) is 14.4 Å². The van der Waals surface area contributed by atoms with Gasteiger partial charge in [-0.2, -0.15) is 0 Å². The molecule has 3 heterocycles. The van der Waals surface area contributed by atoms with Gasteiger partial charge in [0, 0.05) is 44.3 Å². The molecule has 0 bridgehead atoms. The Hall–Kier alpha value is -3.06. The molecule has 1 fully saturated rings. The zero-order valence-corrected chi connectivity index (χ0v) is 15.5. The van der Waals surface area contributed by atoms with Gasteiger partial charge >= 0.3 is 0 Å². The number of nitrogens with zero attached hydrogens (tertiary/aromatic N) is 4. The van der Waals surface area contributed by atoms with E-state index in [0.29, 0.717) is 5.56 Å². The van der Waals surface area contributed by atoms with Crippen molar-refractivity contribution in [3.8, 4) is 5.82 Å². The number of hydrogen-bond donors (Lipinski definition) is 1. The lowest BCUT2D eigenvalue weighted by Gasteiger charge is -2.32. The molecular weight excluding hydrogens is 357 g/mol. The standard InChI is InChI=1S/C21H22FN5O/c22-18-4-1-16(2-5-18)14-26-10-7-19(8-11-26)25-21(28)17-3-6-20(24-13-17)27-12-9-23-15-27/h1-6,9,12-13,15,19H,7-8,10-11,14H2,(H,25,28). The molecule has 144 valence electrons. The summed E-state index contributed by atoms with van der Waals surface area (Å²) in [7, 11) is 0. The Morgan fingerprint density at radius 2 is 1.93 bits per heavy atom. The number of amides is 1. The molecule has 0 saturated carbocycles. The number of halogens is 1. The zero-order valence-electron chi connectivity index (χ0n) is 15.5. The summed E-state index contributed by atoms with van der Waals surface area (Å²) in [6, 6.07) is 10.4. The summed E-state index contributed by atoms with van der Waals surface area (Å²) in [5.41, 5.74) is 1.66. The van der Waals surface area contributed by atoms with Crippen molar-refractivity contribution in [1.82, 2.24) is 24.8 Å². The topological polar surface area (TPSA) is 63.1 Å². The number of benzene rings is 1. The number of rotatable bonds is 5. The highest BCUT2D eigenvalue weighted by molar-refractivity contribution is 5.94. The van der Waals surface area contributed by atoms with Crippen LogP contribution in [-0.2, 0) is 6.54 Å². The molecule has 0 spiro atoms. The number of carbonyl (C=O) groups excluding carboxylic acids is 1. The van der Waals surface area contributed by atoms with Gasteiger partial charge < -0.3 is 5.32 Å². The first-order chi connectivity index (χ1) is 13.7. The van der Waals surface area contributed by atoms with Gasteiger partial charge in [0.1, 0.15) is 18.0 Å². The Morgan fingerprint density at radius 1 is 1.14 bits per heavy atom. The molecule has 0 unspecified atom stereocenters. The number of piperidine rings is 1. The van der Waals surface area contributed by atoms with E-state index in [9.17, 15) is 9.18 Å².